The summed E-state index contributed by atoms with van der Waals surface area (Å²) in [7, 11) is 0. The summed E-state index contributed by atoms with van der Waals surface area (Å²) >= 11 is 0. The van der Waals surface area contributed by atoms with Gasteiger partial charge in [-0.1, -0.05) is 42.5 Å². The Labute approximate surface area is 102 Å². The Balaban J connectivity index is 2.25. The first-order chi connectivity index (χ1) is 8.31. The van der Waals surface area contributed by atoms with Crippen LogP contribution in [-0.4, -0.2) is 6.61 Å². The fourth-order valence-electron chi connectivity index (χ4n) is 1.82. The normalized spacial score (nSPS) is 12.1. The summed E-state index contributed by atoms with van der Waals surface area (Å²) < 4.78 is 5.48. The monoisotopic (exact) mass is 227 g/mol. The highest BCUT2D eigenvalue weighted by atomic mass is 16.5. The molecule has 0 fully saturated rings. The molecule has 0 radical (unpaired) electrons. The standard InChI is InChI=1S/C15H17NO/c1-2-17-14-10-6-9-13(11-14)15(16)12-7-4-3-5-8-12/h3-11,15H,2,16H2,1H3/t15-/m0/s1. The average molecular weight is 227 g/mol. The maximum absolute atomic E-state index is 6.23. The van der Waals surface area contributed by atoms with Crippen molar-refractivity contribution in [3.63, 3.8) is 0 Å². The first kappa shape index (κ1) is 11.7. The summed E-state index contributed by atoms with van der Waals surface area (Å²) in [4.78, 5) is 0. The molecule has 0 unspecified atom stereocenters. The first-order valence-electron chi connectivity index (χ1n) is 5.84. The van der Waals surface area contributed by atoms with Gasteiger partial charge in [-0.2, -0.15) is 0 Å². The van der Waals surface area contributed by atoms with Gasteiger partial charge in [0.1, 0.15) is 5.75 Å². The zero-order valence-corrected chi connectivity index (χ0v) is 9.97. The summed E-state index contributed by atoms with van der Waals surface area (Å²) in [6.45, 7) is 2.65. The minimum absolute atomic E-state index is 0.100. The van der Waals surface area contributed by atoms with Gasteiger partial charge in [0.15, 0.2) is 0 Å². The molecule has 0 bridgehead atoms. The van der Waals surface area contributed by atoms with Crippen molar-refractivity contribution in [1.29, 1.82) is 0 Å². The van der Waals surface area contributed by atoms with Gasteiger partial charge >= 0.3 is 0 Å². The number of benzene rings is 2. The van der Waals surface area contributed by atoms with E-state index >= 15 is 0 Å². The number of hydrogen-bond donors (Lipinski definition) is 1. The molecule has 2 N–H and O–H groups in total. The topological polar surface area (TPSA) is 35.2 Å². The molecule has 0 aromatic heterocycles. The Morgan fingerprint density at radius 1 is 1.00 bits per heavy atom. The average Bonchev–Trinajstić information content (AvgIpc) is 2.40. The number of rotatable bonds is 4. The van der Waals surface area contributed by atoms with E-state index in [1.54, 1.807) is 0 Å². The highest BCUT2D eigenvalue weighted by Crippen LogP contribution is 2.22. The molecule has 2 rings (SSSR count). The molecule has 0 aliphatic heterocycles. The predicted molar refractivity (Wildman–Crippen MR) is 70.1 cm³/mol. The molecule has 0 aliphatic rings. The Bertz CT molecular complexity index is 467. The smallest absolute Gasteiger partial charge is 0.119 e. The van der Waals surface area contributed by atoms with Gasteiger partial charge in [0, 0.05) is 0 Å². The van der Waals surface area contributed by atoms with E-state index in [1.165, 1.54) is 0 Å². The number of nitrogens with two attached hydrogens (primary N) is 1. The first-order valence-corrected chi connectivity index (χ1v) is 5.84. The van der Waals surface area contributed by atoms with Gasteiger partial charge in [-0.05, 0) is 30.2 Å². The summed E-state index contributed by atoms with van der Waals surface area (Å²) in [5.41, 5.74) is 8.41. The maximum Gasteiger partial charge on any atom is 0.119 e. The van der Waals surface area contributed by atoms with Crippen LogP contribution in [0.1, 0.15) is 24.1 Å². The van der Waals surface area contributed by atoms with Gasteiger partial charge in [0.2, 0.25) is 0 Å². The Hall–Kier alpha value is -1.80. The van der Waals surface area contributed by atoms with Crippen molar-refractivity contribution in [3.8, 4) is 5.75 Å². The molecule has 2 aromatic carbocycles. The lowest BCUT2D eigenvalue weighted by Gasteiger charge is -2.13. The third kappa shape index (κ3) is 2.86. The van der Waals surface area contributed by atoms with Crippen LogP contribution in [0.3, 0.4) is 0 Å². The predicted octanol–water partition coefficient (Wildman–Crippen LogP) is 3.13. The molecule has 0 heterocycles. The van der Waals surface area contributed by atoms with E-state index in [-0.39, 0.29) is 6.04 Å². The lowest BCUT2D eigenvalue weighted by molar-refractivity contribution is 0.340. The van der Waals surface area contributed by atoms with Crippen molar-refractivity contribution in [2.75, 3.05) is 6.61 Å². The highest BCUT2D eigenvalue weighted by Gasteiger charge is 2.08. The van der Waals surface area contributed by atoms with Gasteiger partial charge in [0.25, 0.3) is 0 Å². The van der Waals surface area contributed by atoms with Crippen LogP contribution in [0.25, 0.3) is 0 Å². The van der Waals surface area contributed by atoms with Crippen molar-refractivity contribution in [3.05, 3.63) is 65.7 Å². The summed E-state index contributed by atoms with van der Waals surface area (Å²) in [5, 5.41) is 0. The lowest BCUT2D eigenvalue weighted by Crippen LogP contribution is -2.11. The van der Waals surface area contributed by atoms with Crippen molar-refractivity contribution in [2.45, 2.75) is 13.0 Å². The van der Waals surface area contributed by atoms with Crippen LogP contribution >= 0.6 is 0 Å². The quantitative estimate of drug-likeness (QED) is 0.871. The van der Waals surface area contributed by atoms with E-state index in [1.807, 2.05) is 61.5 Å². The fraction of sp³-hybridized carbons (Fsp3) is 0.200. The summed E-state index contributed by atoms with van der Waals surface area (Å²) in [5.74, 6) is 0.872. The van der Waals surface area contributed by atoms with E-state index in [0.717, 1.165) is 16.9 Å². The second-order valence-corrected chi connectivity index (χ2v) is 3.89. The molecule has 17 heavy (non-hydrogen) atoms. The lowest BCUT2D eigenvalue weighted by atomic mass is 10.00. The zero-order valence-electron chi connectivity index (χ0n) is 9.97. The van der Waals surface area contributed by atoms with Gasteiger partial charge < -0.3 is 10.5 Å². The van der Waals surface area contributed by atoms with Crippen LogP contribution < -0.4 is 10.5 Å². The van der Waals surface area contributed by atoms with Crippen LogP contribution in [0.5, 0.6) is 5.75 Å². The highest BCUT2D eigenvalue weighted by molar-refractivity contribution is 5.36. The van der Waals surface area contributed by atoms with Crippen molar-refractivity contribution >= 4 is 0 Å². The van der Waals surface area contributed by atoms with Crippen LogP contribution in [0.15, 0.2) is 54.6 Å². The van der Waals surface area contributed by atoms with Crippen molar-refractivity contribution < 1.29 is 4.74 Å². The number of hydrogen-bond acceptors (Lipinski definition) is 2. The van der Waals surface area contributed by atoms with E-state index in [4.69, 9.17) is 10.5 Å². The molecule has 2 aromatic rings. The van der Waals surface area contributed by atoms with Crippen LogP contribution in [-0.2, 0) is 0 Å². The van der Waals surface area contributed by atoms with Crippen LogP contribution in [0, 0.1) is 0 Å². The minimum Gasteiger partial charge on any atom is -0.494 e. The molecule has 0 saturated carbocycles. The van der Waals surface area contributed by atoms with Gasteiger partial charge in [-0.15, -0.1) is 0 Å². The third-order valence-corrected chi connectivity index (χ3v) is 2.69. The van der Waals surface area contributed by atoms with Gasteiger partial charge in [-0.25, -0.2) is 0 Å². The molecule has 0 spiro atoms. The minimum atomic E-state index is -0.100. The second kappa shape index (κ2) is 5.51. The zero-order chi connectivity index (χ0) is 12.1. The molecule has 2 heteroatoms. The maximum atomic E-state index is 6.23. The molecule has 0 aliphatic carbocycles. The fourth-order valence-corrected chi connectivity index (χ4v) is 1.82. The number of ether oxygens (including phenoxy) is 1. The SMILES string of the molecule is CCOc1cccc([C@@H](N)c2ccccc2)c1. The van der Waals surface area contributed by atoms with Gasteiger partial charge in [-0.3, -0.25) is 0 Å². The van der Waals surface area contributed by atoms with E-state index in [2.05, 4.69) is 0 Å². The van der Waals surface area contributed by atoms with Crippen LogP contribution in [0.2, 0.25) is 0 Å². The molecule has 0 amide bonds. The van der Waals surface area contributed by atoms with Crippen LogP contribution in [0.4, 0.5) is 0 Å². The van der Waals surface area contributed by atoms with E-state index in [0.29, 0.717) is 6.61 Å². The van der Waals surface area contributed by atoms with Crippen molar-refractivity contribution in [2.24, 2.45) is 5.73 Å². The summed E-state index contributed by atoms with van der Waals surface area (Å²) in [6, 6.07) is 17.9. The molecular weight excluding hydrogens is 210 g/mol. The van der Waals surface area contributed by atoms with Crippen molar-refractivity contribution in [1.82, 2.24) is 0 Å². The molecule has 88 valence electrons. The third-order valence-electron chi connectivity index (χ3n) is 2.69. The molecular formula is C15H17NO. The molecule has 1 atom stereocenters. The van der Waals surface area contributed by atoms with Gasteiger partial charge in [0.05, 0.1) is 12.6 Å². The largest absolute Gasteiger partial charge is 0.494 e. The molecule has 0 saturated heterocycles. The molecule has 2 nitrogen and oxygen atoms in total. The second-order valence-electron chi connectivity index (χ2n) is 3.89. The Kier molecular flexibility index (Phi) is 3.78. The Morgan fingerprint density at radius 2 is 1.71 bits per heavy atom. The van der Waals surface area contributed by atoms with E-state index in [9.17, 15) is 0 Å². The summed E-state index contributed by atoms with van der Waals surface area (Å²) in [6.07, 6.45) is 0. The Morgan fingerprint density at radius 3 is 2.41 bits per heavy atom. The van der Waals surface area contributed by atoms with E-state index < -0.39 is 0 Å².